The number of benzene rings is 2. The molecule has 0 saturated carbocycles. The lowest BCUT2D eigenvalue weighted by Crippen LogP contribution is -2.08. The minimum absolute atomic E-state index is 0.0397. The Labute approximate surface area is 140 Å². The van der Waals surface area contributed by atoms with Gasteiger partial charge in [-0.25, -0.2) is 0 Å². The van der Waals surface area contributed by atoms with Gasteiger partial charge in [-0.15, -0.1) is 0 Å². The highest BCUT2D eigenvalue weighted by Crippen LogP contribution is 2.35. The van der Waals surface area contributed by atoms with Crippen molar-refractivity contribution in [1.82, 2.24) is 4.57 Å². The quantitative estimate of drug-likeness (QED) is 0.722. The number of nitrogens with zero attached hydrogens (tertiary/aromatic N) is 1. The number of fused-ring (bicyclic) bond motifs is 1. The molecule has 3 nitrogen and oxygen atoms in total. The second-order valence-corrected chi connectivity index (χ2v) is 6.03. The average Bonchev–Trinajstić information content (AvgIpc) is 2.91. The molecule has 1 heterocycles. The van der Waals surface area contributed by atoms with Crippen LogP contribution in [0.25, 0.3) is 10.9 Å². The molecule has 0 fully saturated rings. The van der Waals surface area contributed by atoms with Crippen molar-refractivity contribution in [3.05, 3.63) is 70.9 Å². The summed E-state index contributed by atoms with van der Waals surface area (Å²) in [6.07, 6.45) is 2.11. The molecule has 1 N–H and O–H groups in total. The third-order valence-electron chi connectivity index (χ3n) is 4.17. The molecule has 0 aliphatic rings. The van der Waals surface area contributed by atoms with Crippen LogP contribution in [-0.4, -0.2) is 15.6 Å². The highest BCUT2D eigenvalue weighted by atomic mass is 35.5. The molecule has 0 aliphatic heterocycles. The van der Waals surface area contributed by atoms with Gasteiger partial charge in [0, 0.05) is 34.6 Å². The fourth-order valence-electron chi connectivity index (χ4n) is 3.12. The van der Waals surface area contributed by atoms with Gasteiger partial charge in [-0.1, -0.05) is 41.9 Å². The molecule has 4 heteroatoms. The maximum atomic E-state index is 11.4. The first-order valence-electron chi connectivity index (χ1n) is 7.65. The summed E-state index contributed by atoms with van der Waals surface area (Å²) in [6, 6.07) is 15.6. The van der Waals surface area contributed by atoms with Crippen LogP contribution < -0.4 is 0 Å². The molecular formula is C19H18ClNO2. The second-order valence-electron chi connectivity index (χ2n) is 5.59. The minimum atomic E-state index is -0.816. The first-order chi connectivity index (χ1) is 11.1. The van der Waals surface area contributed by atoms with E-state index in [0.717, 1.165) is 28.6 Å². The van der Waals surface area contributed by atoms with Crippen LogP contribution in [0.15, 0.2) is 54.7 Å². The Morgan fingerprint density at radius 2 is 2.00 bits per heavy atom. The Hall–Kier alpha value is -2.26. The van der Waals surface area contributed by atoms with E-state index in [1.807, 2.05) is 30.3 Å². The lowest BCUT2D eigenvalue weighted by atomic mass is 9.88. The van der Waals surface area contributed by atoms with Crippen molar-refractivity contribution in [3.8, 4) is 0 Å². The van der Waals surface area contributed by atoms with E-state index in [0.29, 0.717) is 5.02 Å². The summed E-state index contributed by atoms with van der Waals surface area (Å²) < 4.78 is 2.16. The maximum Gasteiger partial charge on any atom is 0.304 e. The molecule has 118 valence electrons. The number of aryl methyl sites for hydroxylation is 1. The number of aliphatic carboxylic acids is 1. The Kier molecular flexibility index (Phi) is 4.39. The molecule has 0 aliphatic carbocycles. The third kappa shape index (κ3) is 3.10. The van der Waals surface area contributed by atoms with E-state index in [2.05, 4.69) is 29.8 Å². The Balaban J connectivity index is 2.19. The molecule has 0 amide bonds. The molecule has 1 unspecified atom stereocenters. The summed E-state index contributed by atoms with van der Waals surface area (Å²) in [6.45, 7) is 2.93. The van der Waals surface area contributed by atoms with Crippen molar-refractivity contribution in [2.75, 3.05) is 0 Å². The van der Waals surface area contributed by atoms with Crippen molar-refractivity contribution in [2.45, 2.75) is 25.8 Å². The summed E-state index contributed by atoms with van der Waals surface area (Å²) in [5, 5.41) is 11.1. The fraction of sp³-hybridized carbons (Fsp3) is 0.211. The van der Waals surface area contributed by atoms with Gasteiger partial charge in [-0.05, 0) is 36.2 Å². The zero-order valence-electron chi connectivity index (χ0n) is 12.9. The molecule has 3 aromatic rings. The van der Waals surface area contributed by atoms with Gasteiger partial charge in [-0.3, -0.25) is 4.79 Å². The van der Waals surface area contributed by atoms with Crippen LogP contribution in [0.1, 0.15) is 30.4 Å². The third-order valence-corrected chi connectivity index (χ3v) is 4.40. The predicted molar refractivity (Wildman–Crippen MR) is 93.2 cm³/mol. The fourth-order valence-corrected chi connectivity index (χ4v) is 3.32. The van der Waals surface area contributed by atoms with E-state index in [-0.39, 0.29) is 12.3 Å². The van der Waals surface area contributed by atoms with Crippen LogP contribution in [-0.2, 0) is 11.3 Å². The molecule has 1 atom stereocenters. The van der Waals surface area contributed by atoms with E-state index >= 15 is 0 Å². The largest absolute Gasteiger partial charge is 0.481 e. The molecule has 0 radical (unpaired) electrons. The summed E-state index contributed by atoms with van der Waals surface area (Å²) in [5.41, 5.74) is 3.09. The number of rotatable bonds is 5. The molecule has 2 aromatic carbocycles. The highest BCUT2D eigenvalue weighted by Gasteiger charge is 2.22. The number of aromatic nitrogens is 1. The number of carboxylic acid groups (broad SMARTS) is 1. The molecule has 0 spiro atoms. The highest BCUT2D eigenvalue weighted by molar-refractivity contribution is 6.30. The maximum absolute atomic E-state index is 11.4. The zero-order chi connectivity index (χ0) is 16.4. The standard InChI is InChI=1S/C19H18ClNO2/c1-2-21-12-17(15-8-3-4-9-18(15)21)16(11-19(22)23)13-6-5-7-14(20)10-13/h3-10,12,16H,2,11H2,1H3,(H,22,23). The van der Waals surface area contributed by atoms with Crippen molar-refractivity contribution in [2.24, 2.45) is 0 Å². The van der Waals surface area contributed by atoms with Gasteiger partial charge in [0.15, 0.2) is 0 Å². The summed E-state index contributed by atoms with van der Waals surface area (Å²) >= 11 is 6.11. The predicted octanol–water partition coefficient (Wildman–Crippen LogP) is 4.92. The average molecular weight is 328 g/mol. The van der Waals surface area contributed by atoms with Gasteiger partial charge in [0.05, 0.1) is 6.42 Å². The number of hydrogen-bond acceptors (Lipinski definition) is 1. The van der Waals surface area contributed by atoms with Gasteiger partial charge in [0.1, 0.15) is 0 Å². The Morgan fingerprint density at radius 3 is 2.70 bits per heavy atom. The van der Waals surface area contributed by atoms with Crippen LogP contribution in [0.2, 0.25) is 5.02 Å². The van der Waals surface area contributed by atoms with E-state index in [1.165, 1.54) is 0 Å². The van der Waals surface area contributed by atoms with Gasteiger partial charge >= 0.3 is 5.97 Å². The molecule has 0 saturated heterocycles. The smallest absolute Gasteiger partial charge is 0.304 e. The molecule has 0 bridgehead atoms. The number of hydrogen-bond donors (Lipinski definition) is 1. The molecule has 23 heavy (non-hydrogen) atoms. The van der Waals surface area contributed by atoms with Crippen molar-refractivity contribution < 1.29 is 9.90 Å². The van der Waals surface area contributed by atoms with E-state index in [4.69, 9.17) is 11.6 Å². The minimum Gasteiger partial charge on any atom is -0.481 e. The SMILES string of the molecule is CCn1cc(C(CC(=O)O)c2cccc(Cl)c2)c2ccccc21. The van der Waals surface area contributed by atoms with E-state index in [9.17, 15) is 9.90 Å². The Morgan fingerprint density at radius 1 is 1.22 bits per heavy atom. The van der Waals surface area contributed by atoms with Crippen LogP contribution in [0.3, 0.4) is 0 Å². The number of halogens is 1. The van der Waals surface area contributed by atoms with Crippen LogP contribution in [0, 0.1) is 0 Å². The summed E-state index contributed by atoms with van der Waals surface area (Å²) in [4.78, 5) is 11.4. The zero-order valence-corrected chi connectivity index (χ0v) is 13.6. The number of carbonyl (C=O) groups is 1. The first kappa shape index (κ1) is 15.6. The molecular weight excluding hydrogens is 310 g/mol. The van der Waals surface area contributed by atoms with Crippen molar-refractivity contribution in [1.29, 1.82) is 0 Å². The summed E-state index contributed by atoms with van der Waals surface area (Å²) in [7, 11) is 0. The second kappa shape index (κ2) is 6.47. The normalized spacial score (nSPS) is 12.4. The molecule has 3 rings (SSSR count). The van der Waals surface area contributed by atoms with Crippen molar-refractivity contribution >= 4 is 28.5 Å². The van der Waals surface area contributed by atoms with E-state index in [1.54, 1.807) is 6.07 Å². The monoisotopic (exact) mass is 327 g/mol. The number of carboxylic acids is 1. The van der Waals surface area contributed by atoms with Gasteiger partial charge in [0.2, 0.25) is 0 Å². The topological polar surface area (TPSA) is 42.2 Å². The summed E-state index contributed by atoms with van der Waals surface area (Å²) in [5.74, 6) is -1.03. The van der Waals surface area contributed by atoms with Gasteiger partial charge in [0.25, 0.3) is 0 Å². The Bertz CT molecular complexity index is 853. The lowest BCUT2D eigenvalue weighted by molar-refractivity contribution is -0.137. The van der Waals surface area contributed by atoms with Gasteiger partial charge in [-0.2, -0.15) is 0 Å². The van der Waals surface area contributed by atoms with Crippen LogP contribution in [0.4, 0.5) is 0 Å². The number of para-hydroxylation sites is 1. The lowest BCUT2D eigenvalue weighted by Gasteiger charge is -2.15. The van der Waals surface area contributed by atoms with Crippen LogP contribution >= 0.6 is 11.6 Å². The van der Waals surface area contributed by atoms with E-state index < -0.39 is 5.97 Å². The first-order valence-corrected chi connectivity index (χ1v) is 8.03. The molecule has 1 aromatic heterocycles. The van der Waals surface area contributed by atoms with Crippen molar-refractivity contribution in [3.63, 3.8) is 0 Å². The van der Waals surface area contributed by atoms with Gasteiger partial charge < -0.3 is 9.67 Å². The van der Waals surface area contributed by atoms with Crippen LogP contribution in [0.5, 0.6) is 0 Å².